The van der Waals surface area contributed by atoms with Gasteiger partial charge in [0.25, 0.3) is 0 Å². The molecule has 0 radical (unpaired) electrons. The molecule has 1 N–H and O–H groups in total. The highest BCUT2D eigenvalue weighted by molar-refractivity contribution is 5.91. The second-order valence-electron chi connectivity index (χ2n) is 6.17. The number of ether oxygens (including phenoxy) is 1. The van der Waals surface area contributed by atoms with Crippen LogP contribution in [0.15, 0.2) is 53.2 Å². The molecule has 3 rings (SSSR count). The van der Waals surface area contributed by atoms with E-state index in [1.165, 1.54) is 5.56 Å². The molecule has 5 nitrogen and oxygen atoms in total. The van der Waals surface area contributed by atoms with E-state index in [9.17, 15) is 4.79 Å². The van der Waals surface area contributed by atoms with E-state index >= 15 is 0 Å². The van der Waals surface area contributed by atoms with Crippen LogP contribution in [-0.4, -0.2) is 43.7 Å². The Bertz CT molecular complexity index is 686. The van der Waals surface area contributed by atoms with Crippen LogP contribution in [0.5, 0.6) is 0 Å². The third kappa shape index (κ3) is 5.05. The molecule has 1 aliphatic heterocycles. The van der Waals surface area contributed by atoms with Crippen LogP contribution in [0.1, 0.15) is 22.9 Å². The van der Waals surface area contributed by atoms with E-state index in [1.54, 1.807) is 12.3 Å². The summed E-state index contributed by atoms with van der Waals surface area (Å²) in [6, 6.07) is 11.9. The Balaban J connectivity index is 1.58. The van der Waals surface area contributed by atoms with Crippen molar-refractivity contribution >= 4 is 12.0 Å². The number of nitrogens with one attached hydrogen (secondary N) is 1. The van der Waals surface area contributed by atoms with E-state index in [1.807, 2.05) is 49.4 Å². The zero-order valence-corrected chi connectivity index (χ0v) is 14.5. The average molecular weight is 340 g/mol. The van der Waals surface area contributed by atoms with Crippen LogP contribution in [0, 0.1) is 6.92 Å². The van der Waals surface area contributed by atoms with Crippen molar-refractivity contribution in [3.8, 4) is 0 Å². The monoisotopic (exact) mass is 340 g/mol. The van der Waals surface area contributed by atoms with Gasteiger partial charge in [-0.25, -0.2) is 0 Å². The van der Waals surface area contributed by atoms with Gasteiger partial charge in [-0.15, -0.1) is 0 Å². The van der Waals surface area contributed by atoms with E-state index in [-0.39, 0.29) is 11.9 Å². The summed E-state index contributed by atoms with van der Waals surface area (Å²) in [5.41, 5.74) is 2.21. The van der Waals surface area contributed by atoms with Gasteiger partial charge in [-0.1, -0.05) is 29.8 Å². The molecule has 1 aromatic carbocycles. The molecule has 5 heteroatoms. The van der Waals surface area contributed by atoms with Gasteiger partial charge in [-0.05, 0) is 30.7 Å². The molecule has 0 spiro atoms. The quantitative estimate of drug-likeness (QED) is 0.822. The molecule has 25 heavy (non-hydrogen) atoms. The summed E-state index contributed by atoms with van der Waals surface area (Å²) in [6.45, 7) is 5.63. The van der Waals surface area contributed by atoms with Crippen LogP contribution in [0.3, 0.4) is 0 Å². The lowest BCUT2D eigenvalue weighted by Crippen LogP contribution is -2.43. The predicted molar refractivity (Wildman–Crippen MR) is 97.1 cm³/mol. The summed E-state index contributed by atoms with van der Waals surface area (Å²) in [7, 11) is 0. The molecule has 0 bridgehead atoms. The molecule has 1 aliphatic rings. The van der Waals surface area contributed by atoms with Crippen LogP contribution in [-0.2, 0) is 9.53 Å². The molecule has 0 aliphatic carbocycles. The number of carbonyl (C=O) groups excluding carboxylic acids is 1. The van der Waals surface area contributed by atoms with Crippen molar-refractivity contribution < 1.29 is 13.9 Å². The minimum atomic E-state index is -0.106. The van der Waals surface area contributed by atoms with Gasteiger partial charge in [0, 0.05) is 25.7 Å². The summed E-state index contributed by atoms with van der Waals surface area (Å²) >= 11 is 0. The van der Waals surface area contributed by atoms with E-state index < -0.39 is 0 Å². The highest BCUT2D eigenvalue weighted by Crippen LogP contribution is 2.21. The fraction of sp³-hybridized carbons (Fsp3) is 0.350. The molecule has 1 aromatic heterocycles. The van der Waals surface area contributed by atoms with Crippen molar-refractivity contribution in [2.45, 2.75) is 13.0 Å². The molecule has 1 atom stereocenters. The van der Waals surface area contributed by atoms with Gasteiger partial charge < -0.3 is 14.5 Å². The fourth-order valence-corrected chi connectivity index (χ4v) is 2.89. The SMILES string of the molecule is Cc1ccc(/C=C/C(=O)NC[C@H](c2ccco2)N2CCOCC2)cc1. The Hall–Kier alpha value is -2.37. The maximum absolute atomic E-state index is 12.2. The van der Waals surface area contributed by atoms with Gasteiger partial charge in [0.2, 0.25) is 5.91 Å². The Morgan fingerprint density at radius 3 is 2.68 bits per heavy atom. The first kappa shape index (κ1) is 17.5. The lowest BCUT2D eigenvalue weighted by molar-refractivity contribution is -0.116. The molecule has 2 heterocycles. The number of amides is 1. The van der Waals surface area contributed by atoms with Gasteiger partial charge in [-0.3, -0.25) is 9.69 Å². The third-order valence-corrected chi connectivity index (χ3v) is 4.33. The van der Waals surface area contributed by atoms with Crippen molar-refractivity contribution in [3.05, 3.63) is 65.6 Å². The Morgan fingerprint density at radius 2 is 2.00 bits per heavy atom. The summed E-state index contributed by atoms with van der Waals surface area (Å²) in [5, 5.41) is 2.98. The number of rotatable bonds is 6. The first-order valence-corrected chi connectivity index (χ1v) is 8.60. The Labute approximate surface area is 148 Å². The zero-order chi connectivity index (χ0) is 17.5. The van der Waals surface area contributed by atoms with Crippen LogP contribution in [0.25, 0.3) is 6.08 Å². The summed E-state index contributed by atoms with van der Waals surface area (Å²) < 4.78 is 11.0. The maximum atomic E-state index is 12.2. The number of aryl methyl sites for hydroxylation is 1. The Morgan fingerprint density at radius 1 is 1.24 bits per heavy atom. The molecular weight excluding hydrogens is 316 g/mol. The molecule has 0 unspecified atom stereocenters. The molecule has 2 aromatic rings. The van der Waals surface area contributed by atoms with Crippen molar-refractivity contribution in [3.63, 3.8) is 0 Å². The van der Waals surface area contributed by atoms with Gasteiger partial charge in [0.05, 0.1) is 25.5 Å². The number of nitrogens with zero attached hydrogens (tertiary/aromatic N) is 1. The van der Waals surface area contributed by atoms with E-state index in [4.69, 9.17) is 9.15 Å². The second kappa shape index (κ2) is 8.65. The minimum Gasteiger partial charge on any atom is -0.468 e. The number of carbonyl (C=O) groups is 1. The number of furan rings is 1. The lowest BCUT2D eigenvalue weighted by atomic mass is 10.1. The predicted octanol–water partition coefficient (Wildman–Crippen LogP) is 2.79. The maximum Gasteiger partial charge on any atom is 0.244 e. The van der Waals surface area contributed by atoms with E-state index in [0.717, 1.165) is 24.4 Å². The smallest absolute Gasteiger partial charge is 0.244 e. The summed E-state index contributed by atoms with van der Waals surface area (Å²) in [5.74, 6) is 0.759. The molecule has 1 fully saturated rings. The molecule has 1 saturated heterocycles. The van der Waals surface area contributed by atoms with Crippen LogP contribution < -0.4 is 5.32 Å². The first-order chi connectivity index (χ1) is 12.2. The molecule has 0 saturated carbocycles. The number of hydrogen-bond donors (Lipinski definition) is 1. The average Bonchev–Trinajstić information content (AvgIpc) is 3.17. The second-order valence-corrected chi connectivity index (χ2v) is 6.17. The fourth-order valence-electron chi connectivity index (χ4n) is 2.89. The molecular formula is C20H24N2O3. The van der Waals surface area contributed by atoms with Crippen molar-refractivity contribution in [2.75, 3.05) is 32.8 Å². The first-order valence-electron chi connectivity index (χ1n) is 8.60. The molecule has 132 valence electrons. The topological polar surface area (TPSA) is 54.7 Å². The zero-order valence-electron chi connectivity index (χ0n) is 14.5. The third-order valence-electron chi connectivity index (χ3n) is 4.33. The minimum absolute atomic E-state index is 0.0237. The summed E-state index contributed by atoms with van der Waals surface area (Å²) in [4.78, 5) is 14.5. The number of benzene rings is 1. The van der Waals surface area contributed by atoms with Crippen molar-refractivity contribution in [1.82, 2.24) is 10.2 Å². The highest BCUT2D eigenvalue weighted by Gasteiger charge is 2.24. The number of morpholine rings is 1. The van der Waals surface area contributed by atoms with Crippen molar-refractivity contribution in [1.29, 1.82) is 0 Å². The standard InChI is InChI=1S/C20H24N2O3/c1-16-4-6-17(7-5-16)8-9-20(23)21-15-18(19-3-2-12-25-19)22-10-13-24-14-11-22/h2-9,12,18H,10-11,13-15H2,1H3,(H,21,23)/b9-8+/t18-/m1/s1. The van der Waals surface area contributed by atoms with Crippen LogP contribution in [0.2, 0.25) is 0 Å². The van der Waals surface area contributed by atoms with Crippen LogP contribution in [0.4, 0.5) is 0 Å². The van der Waals surface area contributed by atoms with Crippen LogP contribution >= 0.6 is 0 Å². The van der Waals surface area contributed by atoms with Gasteiger partial charge in [0.1, 0.15) is 5.76 Å². The molecule has 1 amide bonds. The largest absolute Gasteiger partial charge is 0.468 e. The van der Waals surface area contributed by atoms with Gasteiger partial charge >= 0.3 is 0 Å². The van der Waals surface area contributed by atoms with E-state index in [0.29, 0.717) is 19.8 Å². The van der Waals surface area contributed by atoms with Gasteiger partial charge in [0.15, 0.2) is 0 Å². The highest BCUT2D eigenvalue weighted by atomic mass is 16.5. The normalized spacial score (nSPS) is 16.8. The van der Waals surface area contributed by atoms with Crippen molar-refractivity contribution in [2.24, 2.45) is 0 Å². The lowest BCUT2D eigenvalue weighted by Gasteiger charge is -2.33. The Kier molecular flexibility index (Phi) is 6.04. The van der Waals surface area contributed by atoms with Gasteiger partial charge in [-0.2, -0.15) is 0 Å². The van der Waals surface area contributed by atoms with E-state index in [2.05, 4.69) is 10.2 Å². The number of hydrogen-bond acceptors (Lipinski definition) is 4. The summed E-state index contributed by atoms with van der Waals surface area (Å²) in [6.07, 6.45) is 5.07.